The highest BCUT2D eigenvalue weighted by molar-refractivity contribution is 5.95. The summed E-state index contributed by atoms with van der Waals surface area (Å²) in [7, 11) is 0. The molecule has 5 heteroatoms. The van der Waals surface area contributed by atoms with Crippen molar-refractivity contribution in [3.8, 4) is 5.75 Å². The smallest absolute Gasteiger partial charge is 0.271 e. The fourth-order valence-electron chi connectivity index (χ4n) is 2.28. The van der Waals surface area contributed by atoms with Gasteiger partial charge in [-0.1, -0.05) is 42.5 Å². The molecule has 0 fully saturated rings. The predicted molar refractivity (Wildman–Crippen MR) is 98.7 cm³/mol. The van der Waals surface area contributed by atoms with Crippen LogP contribution < -0.4 is 10.2 Å². The second-order valence-corrected chi connectivity index (χ2v) is 5.52. The number of amides is 1. The highest BCUT2D eigenvalue weighted by Gasteiger charge is 2.05. The third-order valence-electron chi connectivity index (χ3n) is 3.63. The van der Waals surface area contributed by atoms with Gasteiger partial charge in [0.2, 0.25) is 0 Å². The van der Waals surface area contributed by atoms with Crippen LogP contribution in [0.2, 0.25) is 0 Å². The van der Waals surface area contributed by atoms with Gasteiger partial charge in [0.05, 0.1) is 6.21 Å². The molecule has 4 nitrogen and oxygen atoms in total. The molecule has 0 radical (unpaired) electrons. The first-order valence-electron chi connectivity index (χ1n) is 8.07. The van der Waals surface area contributed by atoms with Crippen molar-refractivity contribution >= 4 is 12.1 Å². The summed E-state index contributed by atoms with van der Waals surface area (Å²) in [4.78, 5) is 12.0. The van der Waals surface area contributed by atoms with Crippen LogP contribution in [0, 0.1) is 5.82 Å². The Hall–Kier alpha value is -3.47. The Labute approximate surface area is 150 Å². The first-order valence-corrected chi connectivity index (χ1v) is 8.07. The van der Waals surface area contributed by atoms with Crippen LogP contribution in [-0.4, -0.2) is 12.1 Å². The minimum absolute atomic E-state index is 0.331. The summed E-state index contributed by atoms with van der Waals surface area (Å²) in [6, 6.07) is 22.5. The molecule has 3 aromatic carbocycles. The average molecular weight is 348 g/mol. The number of carbonyl (C=O) groups excluding carboxylic acids is 1. The molecular formula is C21H17FN2O2. The molecule has 26 heavy (non-hydrogen) atoms. The number of nitrogens with zero attached hydrogens (tertiary/aromatic N) is 1. The maximum Gasteiger partial charge on any atom is 0.271 e. The van der Waals surface area contributed by atoms with Crippen LogP contribution in [0.15, 0.2) is 84.0 Å². The topological polar surface area (TPSA) is 50.7 Å². The van der Waals surface area contributed by atoms with Gasteiger partial charge in [0.25, 0.3) is 5.91 Å². The third kappa shape index (κ3) is 4.77. The monoisotopic (exact) mass is 348 g/mol. The van der Waals surface area contributed by atoms with Crippen LogP contribution in [0.5, 0.6) is 5.75 Å². The van der Waals surface area contributed by atoms with Crippen molar-refractivity contribution in [2.45, 2.75) is 6.61 Å². The first kappa shape index (κ1) is 17.4. The zero-order valence-electron chi connectivity index (χ0n) is 13.9. The first-order chi connectivity index (χ1) is 12.7. The van der Waals surface area contributed by atoms with E-state index < -0.39 is 11.7 Å². The third-order valence-corrected chi connectivity index (χ3v) is 3.63. The number of carbonyl (C=O) groups is 1. The van der Waals surface area contributed by atoms with E-state index in [1.807, 2.05) is 54.6 Å². The van der Waals surface area contributed by atoms with Crippen molar-refractivity contribution in [3.63, 3.8) is 0 Å². The molecule has 0 unspecified atom stereocenters. The van der Waals surface area contributed by atoms with Crippen molar-refractivity contribution < 1.29 is 13.9 Å². The van der Waals surface area contributed by atoms with E-state index in [1.165, 1.54) is 30.5 Å². The molecule has 1 N–H and O–H groups in total. The fourth-order valence-corrected chi connectivity index (χ4v) is 2.28. The summed E-state index contributed by atoms with van der Waals surface area (Å²) in [6.45, 7) is 0.438. The molecule has 0 bridgehead atoms. The number of benzene rings is 3. The van der Waals surface area contributed by atoms with Crippen LogP contribution in [0.3, 0.4) is 0 Å². The van der Waals surface area contributed by atoms with Crippen LogP contribution in [0.4, 0.5) is 4.39 Å². The molecule has 3 rings (SSSR count). The normalized spacial score (nSPS) is 10.7. The number of para-hydroxylation sites is 1. The van der Waals surface area contributed by atoms with Gasteiger partial charge in [-0.05, 0) is 42.0 Å². The summed E-state index contributed by atoms with van der Waals surface area (Å²) in [5.41, 5.74) is 4.55. The summed E-state index contributed by atoms with van der Waals surface area (Å²) >= 11 is 0. The maximum atomic E-state index is 12.9. The van der Waals surface area contributed by atoms with Crippen LogP contribution in [0.25, 0.3) is 0 Å². The molecule has 0 atom stereocenters. The Morgan fingerprint density at radius 2 is 1.65 bits per heavy atom. The standard InChI is InChI=1S/C21H17FN2O2/c22-19-12-10-17(11-13-19)21(25)24-23-14-18-8-4-5-9-20(18)26-15-16-6-2-1-3-7-16/h1-14H,15H2,(H,24,25)/b23-14+. The summed E-state index contributed by atoms with van der Waals surface area (Å²) < 4.78 is 18.7. The van der Waals surface area contributed by atoms with E-state index in [2.05, 4.69) is 10.5 Å². The number of ether oxygens (including phenoxy) is 1. The van der Waals surface area contributed by atoms with Crippen molar-refractivity contribution in [1.82, 2.24) is 5.43 Å². The van der Waals surface area contributed by atoms with Gasteiger partial charge in [0, 0.05) is 11.1 Å². The summed E-state index contributed by atoms with van der Waals surface area (Å²) in [5, 5.41) is 3.96. The summed E-state index contributed by atoms with van der Waals surface area (Å²) in [5.74, 6) is -0.144. The number of nitrogens with one attached hydrogen (secondary N) is 1. The minimum Gasteiger partial charge on any atom is -0.488 e. The number of hydrazone groups is 1. The lowest BCUT2D eigenvalue weighted by molar-refractivity contribution is 0.0955. The van der Waals surface area contributed by atoms with E-state index >= 15 is 0 Å². The molecule has 130 valence electrons. The van der Waals surface area contributed by atoms with Gasteiger partial charge in [-0.3, -0.25) is 4.79 Å². The Bertz CT molecular complexity index is 893. The molecule has 0 heterocycles. The van der Waals surface area contributed by atoms with E-state index in [0.29, 0.717) is 17.9 Å². The number of halogens is 1. The van der Waals surface area contributed by atoms with Gasteiger partial charge in [-0.25, -0.2) is 9.82 Å². The molecule has 0 aliphatic rings. The highest BCUT2D eigenvalue weighted by atomic mass is 19.1. The Morgan fingerprint density at radius 1 is 0.962 bits per heavy atom. The lowest BCUT2D eigenvalue weighted by Crippen LogP contribution is -2.17. The molecular weight excluding hydrogens is 331 g/mol. The fraction of sp³-hybridized carbons (Fsp3) is 0.0476. The molecule has 0 aliphatic heterocycles. The second kappa shape index (κ2) is 8.58. The van der Waals surface area contributed by atoms with Gasteiger partial charge in [0.1, 0.15) is 18.2 Å². The average Bonchev–Trinajstić information content (AvgIpc) is 2.68. The van der Waals surface area contributed by atoms with Crippen molar-refractivity contribution in [1.29, 1.82) is 0 Å². The van der Waals surface area contributed by atoms with Crippen LogP contribution in [-0.2, 0) is 6.61 Å². The van der Waals surface area contributed by atoms with Gasteiger partial charge in [-0.15, -0.1) is 0 Å². The highest BCUT2D eigenvalue weighted by Crippen LogP contribution is 2.17. The zero-order chi connectivity index (χ0) is 18.2. The zero-order valence-corrected chi connectivity index (χ0v) is 13.9. The minimum atomic E-state index is -0.413. The van der Waals surface area contributed by atoms with E-state index in [9.17, 15) is 9.18 Å². The van der Waals surface area contributed by atoms with Gasteiger partial charge in [-0.2, -0.15) is 5.10 Å². The second-order valence-electron chi connectivity index (χ2n) is 5.52. The quantitative estimate of drug-likeness (QED) is 0.537. The van der Waals surface area contributed by atoms with Crippen molar-refractivity contribution in [2.24, 2.45) is 5.10 Å². The van der Waals surface area contributed by atoms with E-state index in [1.54, 1.807) is 0 Å². The molecule has 0 saturated carbocycles. The number of hydrogen-bond donors (Lipinski definition) is 1. The lowest BCUT2D eigenvalue weighted by atomic mass is 10.2. The molecule has 0 saturated heterocycles. The Balaban J connectivity index is 1.63. The van der Waals surface area contributed by atoms with Gasteiger partial charge >= 0.3 is 0 Å². The largest absolute Gasteiger partial charge is 0.488 e. The molecule has 1 amide bonds. The van der Waals surface area contributed by atoms with E-state index in [-0.39, 0.29) is 0 Å². The predicted octanol–water partition coefficient (Wildman–Crippen LogP) is 4.17. The maximum absolute atomic E-state index is 12.9. The van der Waals surface area contributed by atoms with Gasteiger partial charge < -0.3 is 4.74 Å². The van der Waals surface area contributed by atoms with Crippen LogP contribution >= 0.6 is 0 Å². The van der Waals surface area contributed by atoms with Gasteiger partial charge in [0.15, 0.2) is 0 Å². The Morgan fingerprint density at radius 3 is 2.42 bits per heavy atom. The number of hydrogen-bond acceptors (Lipinski definition) is 3. The Kier molecular flexibility index (Phi) is 5.72. The molecule has 0 aromatic heterocycles. The lowest BCUT2D eigenvalue weighted by Gasteiger charge is -2.09. The van der Waals surface area contributed by atoms with E-state index in [4.69, 9.17) is 4.74 Å². The van der Waals surface area contributed by atoms with Crippen molar-refractivity contribution in [3.05, 3.63) is 101 Å². The van der Waals surface area contributed by atoms with Crippen molar-refractivity contribution in [2.75, 3.05) is 0 Å². The molecule has 0 spiro atoms. The molecule has 0 aliphatic carbocycles. The number of rotatable bonds is 6. The van der Waals surface area contributed by atoms with Crippen LogP contribution in [0.1, 0.15) is 21.5 Å². The SMILES string of the molecule is O=C(N/N=C/c1ccccc1OCc1ccccc1)c1ccc(F)cc1. The van der Waals surface area contributed by atoms with E-state index in [0.717, 1.165) is 11.1 Å². The molecule has 3 aromatic rings. The summed E-state index contributed by atoms with van der Waals surface area (Å²) in [6.07, 6.45) is 1.52.